The highest BCUT2D eigenvalue weighted by Gasteiger charge is 2.18. The Morgan fingerprint density at radius 2 is 1.85 bits per heavy atom. The lowest BCUT2D eigenvalue weighted by atomic mass is 10.1. The van der Waals surface area contributed by atoms with Crippen LogP contribution in [0.4, 0.5) is 0 Å². The zero-order valence-electron chi connectivity index (χ0n) is 12.1. The van der Waals surface area contributed by atoms with Gasteiger partial charge in [-0.05, 0) is 12.1 Å². The van der Waals surface area contributed by atoms with Gasteiger partial charge in [0.2, 0.25) is 0 Å². The molecule has 0 saturated carbocycles. The van der Waals surface area contributed by atoms with E-state index in [0.29, 0.717) is 41.4 Å². The summed E-state index contributed by atoms with van der Waals surface area (Å²) in [6.45, 7) is 4.67. The van der Waals surface area contributed by atoms with E-state index < -0.39 is 0 Å². The summed E-state index contributed by atoms with van der Waals surface area (Å²) in [4.78, 5) is 4.37. The van der Waals surface area contributed by atoms with Gasteiger partial charge in [-0.15, -0.1) is 0 Å². The van der Waals surface area contributed by atoms with E-state index in [1.54, 1.807) is 14.2 Å². The molecular formula is C14H19N3O3. The first-order valence-corrected chi connectivity index (χ1v) is 6.43. The predicted molar refractivity (Wildman–Crippen MR) is 74.8 cm³/mol. The van der Waals surface area contributed by atoms with Gasteiger partial charge in [0.15, 0.2) is 5.82 Å². The Labute approximate surface area is 118 Å². The Bertz CT molecular complexity index is 544. The molecule has 2 rings (SSSR count). The molecule has 0 radical (unpaired) electrons. The third kappa shape index (κ3) is 3.08. The van der Waals surface area contributed by atoms with Gasteiger partial charge in [-0.25, -0.2) is 0 Å². The lowest BCUT2D eigenvalue weighted by Gasteiger charge is -2.09. The maximum atomic E-state index is 5.33. The first-order chi connectivity index (χ1) is 9.65. The molecule has 0 amide bonds. The summed E-state index contributed by atoms with van der Waals surface area (Å²) in [5, 5.41) is 7.19. The van der Waals surface area contributed by atoms with Gasteiger partial charge >= 0.3 is 0 Å². The topological polar surface area (TPSA) is 69.4 Å². The number of ether oxygens (including phenoxy) is 2. The lowest BCUT2D eigenvalue weighted by molar-refractivity contribution is 0.383. The summed E-state index contributed by atoms with van der Waals surface area (Å²) in [5.74, 6) is 2.26. The molecule has 0 aliphatic carbocycles. The van der Waals surface area contributed by atoms with Crippen molar-refractivity contribution in [2.45, 2.75) is 26.4 Å². The minimum atomic E-state index is 0.359. The normalized spacial score (nSPS) is 10.8. The maximum Gasteiger partial charge on any atom is 0.265 e. The van der Waals surface area contributed by atoms with Crippen LogP contribution in [-0.2, 0) is 6.54 Å². The number of methoxy groups -OCH3 is 2. The molecular weight excluding hydrogens is 258 g/mol. The van der Waals surface area contributed by atoms with Crippen LogP contribution in [0, 0.1) is 0 Å². The van der Waals surface area contributed by atoms with Crippen LogP contribution in [0.15, 0.2) is 22.7 Å². The molecule has 0 bridgehead atoms. The van der Waals surface area contributed by atoms with Gasteiger partial charge in [-0.2, -0.15) is 4.98 Å². The van der Waals surface area contributed by atoms with Gasteiger partial charge in [-0.1, -0.05) is 25.1 Å². The molecule has 0 aliphatic rings. The number of nitrogens with zero attached hydrogens (tertiary/aromatic N) is 2. The molecule has 20 heavy (non-hydrogen) atoms. The zero-order chi connectivity index (χ0) is 14.5. The van der Waals surface area contributed by atoms with E-state index in [1.165, 1.54) is 0 Å². The van der Waals surface area contributed by atoms with Gasteiger partial charge in [-0.3, -0.25) is 0 Å². The molecule has 6 heteroatoms. The number of hydrogen-bond donors (Lipinski definition) is 1. The van der Waals surface area contributed by atoms with Gasteiger partial charge in [0.05, 0.1) is 20.8 Å². The van der Waals surface area contributed by atoms with Crippen LogP contribution in [0.3, 0.4) is 0 Å². The van der Waals surface area contributed by atoms with E-state index in [1.807, 2.05) is 18.2 Å². The fraction of sp³-hybridized carbons (Fsp3) is 0.429. The highest BCUT2D eigenvalue weighted by molar-refractivity contribution is 5.70. The number of benzene rings is 1. The molecule has 6 nitrogen and oxygen atoms in total. The second kappa shape index (κ2) is 6.38. The molecule has 0 aliphatic heterocycles. The van der Waals surface area contributed by atoms with E-state index in [2.05, 4.69) is 29.3 Å². The second-order valence-corrected chi connectivity index (χ2v) is 4.59. The Kier molecular flexibility index (Phi) is 4.57. The minimum absolute atomic E-state index is 0.359. The molecule has 0 saturated heterocycles. The molecule has 1 heterocycles. The Morgan fingerprint density at radius 3 is 2.40 bits per heavy atom. The highest BCUT2D eigenvalue weighted by Crippen LogP contribution is 2.37. The molecule has 1 aromatic heterocycles. The SMILES string of the molecule is COc1cccc(OC)c1-c1nc(CNC(C)C)no1. The van der Waals surface area contributed by atoms with Crippen molar-refractivity contribution < 1.29 is 14.0 Å². The summed E-state index contributed by atoms with van der Waals surface area (Å²) >= 11 is 0. The van der Waals surface area contributed by atoms with E-state index >= 15 is 0 Å². The van der Waals surface area contributed by atoms with Crippen LogP contribution in [0.1, 0.15) is 19.7 Å². The molecule has 1 aromatic carbocycles. The third-order valence-corrected chi connectivity index (χ3v) is 2.78. The van der Waals surface area contributed by atoms with Gasteiger partial charge < -0.3 is 19.3 Å². The molecule has 2 aromatic rings. The monoisotopic (exact) mass is 277 g/mol. The van der Waals surface area contributed by atoms with Crippen LogP contribution in [0.2, 0.25) is 0 Å². The quantitative estimate of drug-likeness (QED) is 0.873. The van der Waals surface area contributed by atoms with Crippen LogP contribution in [-0.4, -0.2) is 30.4 Å². The summed E-state index contributed by atoms with van der Waals surface area (Å²) in [6.07, 6.45) is 0. The van der Waals surface area contributed by atoms with E-state index in [-0.39, 0.29) is 0 Å². The number of rotatable bonds is 6. The molecule has 108 valence electrons. The number of nitrogens with one attached hydrogen (secondary N) is 1. The van der Waals surface area contributed by atoms with Gasteiger partial charge in [0.25, 0.3) is 5.89 Å². The van der Waals surface area contributed by atoms with Crippen LogP contribution in [0.25, 0.3) is 11.5 Å². The Balaban J connectivity index is 2.32. The van der Waals surface area contributed by atoms with Crippen molar-refractivity contribution in [2.24, 2.45) is 0 Å². The molecule has 0 atom stereocenters. The smallest absolute Gasteiger partial charge is 0.265 e. The number of aromatic nitrogens is 2. The van der Waals surface area contributed by atoms with Crippen molar-refractivity contribution in [3.8, 4) is 23.0 Å². The average Bonchev–Trinajstić information content (AvgIpc) is 2.92. The van der Waals surface area contributed by atoms with Crippen LogP contribution < -0.4 is 14.8 Å². The maximum absolute atomic E-state index is 5.33. The second-order valence-electron chi connectivity index (χ2n) is 4.59. The summed E-state index contributed by atoms with van der Waals surface area (Å²) in [7, 11) is 3.19. The Morgan fingerprint density at radius 1 is 1.20 bits per heavy atom. The fourth-order valence-corrected chi connectivity index (χ4v) is 1.78. The van der Waals surface area contributed by atoms with Crippen LogP contribution in [0.5, 0.6) is 11.5 Å². The predicted octanol–water partition coefficient (Wildman–Crippen LogP) is 2.25. The van der Waals surface area contributed by atoms with Crippen molar-refractivity contribution in [3.63, 3.8) is 0 Å². The number of hydrogen-bond acceptors (Lipinski definition) is 6. The van der Waals surface area contributed by atoms with Crippen molar-refractivity contribution in [1.82, 2.24) is 15.5 Å². The summed E-state index contributed by atoms with van der Waals surface area (Å²) in [6, 6.07) is 5.86. The van der Waals surface area contributed by atoms with E-state index in [9.17, 15) is 0 Å². The highest BCUT2D eigenvalue weighted by atomic mass is 16.5. The molecule has 0 unspecified atom stereocenters. The van der Waals surface area contributed by atoms with Crippen molar-refractivity contribution in [2.75, 3.05) is 14.2 Å². The first kappa shape index (κ1) is 14.3. The van der Waals surface area contributed by atoms with Crippen LogP contribution >= 0.6 is 0 Å². The largest absolute Gasteiger partial charge is 0.496 e. The van der Waals surface area contributed by atoms with E-state index in [0.717, 1.165) is 0 Å². The minimum Gasteiger partial charge on any atom is -0.496 e. The van der Waals surface area contributed by atoms with Crippen molar-refractivity contribution >= 4 is 0 Å². The first-order valence-electron chi connectivity index (χ1n) is 6.43. The Hall–Kier alpha value is -2.08. The molecule has 0 spiro atoms. The third-order valence-electron chi connectivity index (χ3n) is 2.78. The average molecular weight is 277 g/mol. The standard InChI is InChI=1S/C14H19N3O3/c1-9(2)15-8-12-16-14(20-17-12)13-10(18-3)6-5-7-11(13)19-4/h5-7,9,15H,8H2,1-4H3. The fourth-order valence-electron chi connectivity index (χ4n) is 1.78. The van der Waals surface area contributed by atoms with Crippen molar-refractivity contribution in [3.05, 3.63) is 24.0 Å². The lowest BCUT2D eigenvalue weighted by Crippen LogP contribution is -2.22. The van der Waals surface area contributed by atoms with Crippen molar-refractivity contribution in [1.29, 1.82) is 0 Å². The molecule has 0 fully saturated rings. The summed E-state index contributed by atoms with van der Waals surface area (Å²) < 4.78 is 16.0. The van der Waals surface area contributed by atoms with Gasteiger partial charge in [0.1, 0.15) is 17.1 Å². The van der Waals surface area contributed by atoms with Gasteiger partial charge in [0, 0.05) is 6.04 Å². The summed E-state index contributed by atoms with van der Waals surface area (Å²) in [5.41, 5.74) is 0.667. The zero-order valence-corrected chi connectivity index (χ0v) is 12.1. The van der Waals surface area contributed by atoms with E-state index in [4.69, 9.17) is 14.0 Å². The molecule has 1 N–H and O–H groups in total.